The monoisotopic (exact) mass is 374 g/mol. The van der Waals surface area contributed by atoms with E-state index in [1.165, 1.54) is 6.92 Å². The van der Waals surface area contributed by atoms with Gasteiger partial charge < -0.3 is 20.4 Å². The number of carbonyl (C=O) groups is 3. The third-order valence-corrected chi connectivity index (χ3v) is 4.99. The van der Waals surface area contributed by atoms with Crippen molar-refractivity contribution in [2.24, 2.45) is 5.41 Å². The summed E-state index contributed by atoms with van der Waals surface area (Å²) in [7, 11) is 0. The highest BCUT2D eigenvalue weighted by molar-refractivity contribution is 5.98. The van der Waals surface area contributed by atoms with Gasteiger partial charge >= 0.3 is 0 Å². The Labute approximate surface area is 155 Å². The zero-order valence-electron chi connectivity index (χ0n) is 15.9. The van der Waals surface area contributed by atoms with Crippen molar-refractivity contribution < 1.29 is 34.8 Å². The number of carbonyl (C=O) groups excluding carboxylic acids is 3. The quantitative estimate of drug-likeness (QED) is 0.296. The molecular formula is C19H34O7. The molecular weight excluding hydrogens is 340 g/mol. The Bertz CT molecular complexity index is 417. The molecule has 0 aliphatic rings. The lowest BCUT2D eigenvalue weighted by molar-refractivity contribution is -0.163. The van der Waals surface area contributed by atoms with Crippen LogP contribution < -0.4 is 0 Å². The van der Waals surface area contributed by atoms with Crippen molar-refractivity contribution in [2.45, 2.75) is 83.8 Å². The normalized spacial score (nSPS) is 15.9. The van der Waals surface area contributed by atoms with Crippen LogP contribution >= 0.6 is 0 Å². The molecule has 0 aliphatic carbocycles. The highest BCUT2D eigenvalue weighted by Crippen LogP contribution is 2.35. The van der Waals surface area contributed by atoms with Gasteiger partial charge in [0, 0.05) is 26.1 Å². The number of ketones is 3. The van der Waals surface area contributed by atoms with Gasteiger partial charge in [0.25, 0.3) is 0 Å². The smallest absolute Gasteiger partial charge is 0.162 e. The van der Waals surface area contributed by atoms with Crippen LogP contribution in [0, 0.1) is 5.41 Å². The van der Waals surface area contributed by atoms with Gasteiger partial charge in [-0.1, -0.05) is 19.8 Å². The van der Waals surface area contributed by atoms with Crippen molar-refractivity contribution in [2.75, 3.05) is 13.2 Å². The van der Waals surface area contributed by atoms with Crippen LogP contribution in [0.4, 0.5) is 0 Å². The van der Waals surface area contributed by atoms with Crippen LogP contribution in [0.3, 0.4) is 0 Å². The fourth-order valence-corrected chi connectivity index (χ4v) is 3.19. The van der Waals surface area contributed by atoms with Crippen molar-refractivity contribution >= 4 is 17.3 Å². The van der Waals surface area contributed by atoms with Gasteiger partial charge in [0.05, 0.1) is 5.41 Å². The van der Waals surface area contributed by atoms with E-state index in [4.69, 9.17) is 10.2 Å². The average molecular weight is 374 g/mol. The second kappa shape index (κ2) is 13.1. The topological polar surface area (TPSA) is 132 Å². The lowest BCUT2D eigenvalue weighted by Gasteiger charge is -2.37. The Kier molecular flexibility index (Phi) is 12.5. The molecule has 2 atom stereocenters. The van der Waals surface area contributed by atoms with Gasteiger partial charge in [-0.05, 0) is 39.0 Å². The molecule has 0 saturated heterocycles. The SMILES string of the molecule is CCC(C(C)=O)(C(O)C(=O)CCCCCO)C(O)C(=O)CCCCCO. The summed E-state index contributed by atoms with van der Waals surface area (Å²) < 4.78 is 0. The number of aliphatic hydroxyl groups is 4. The Morgan fingerprint density at radius 1 is 0.769 bits per heavy atom. The second-order valence-corrected chi connectivity index (χ2v) is 6.76. The molecule has 0 bridgehead atoms. The minimum atomic E-state index is -1.83. The molecule has 0 aromatic carbocycles. The number of Topliss-reactive ketones (excluding diaryl/α,β-unsaturated/α-hetero) is 3. The van der Waals surface area contributed by atoms with E-state index in [0.29, 0.717) is 38.5 Å². The molecule has 0 amide bonds. The lowest BCUT2D eigenvalue weighted by atomic mass is 9.68. The molecule has 26 heavy (non-hydrogen) atoms. The van der Waals surface area contributed by atoms with Crippen LogP contribution in [-0.2, 0) is 14.4 Å². The third-order valence-electron chi connectivity index (χ3n) is 4.99. The first-order valence-electron chi connectivity index (χ1n) is 9.43. The van der Waals surface area contributed by atoms with E-state index in [2.05, 4.69) is 0 Å². The summed E-state index contributed by atoms with van der Waals surface area (Å²) in [5.41, 5.74) is -1.83. The van der Waals surface area contributed by atoms with Crippen LogP contribution in [0.2, 0.25) is 0 Å². The maximum absolute atomic E-state index is 12.3. The maximum atomic E-state index is 12.3. The van der Waals surface area contributed by atoms with Gasteiger partial charge in [0.15, 0.2) is 11.6 Å². The van der Waals surface area contributed by atoms with E-state index in [0.717, 1.165) is 0 Å². The predicted molar refractivity (Wildman–Crippen MR) is 96.5 cm³/mol. The number of hydrogen-bond donors (Lipinski definition) is 4. The molecule has 0 fully saturated rings. The third kappa shape index (κ3) is 6.87. The summed E-state index contributed by atoms with van der Waals surface area (Å²) in [6, 6.07) is 0. The fraction of sp³-hybridized carbons (Fsp3) is 0.842. The highest BCUT2D eigenvalue weighted by atomic mass is 16.3. The second-order valence-electron chi connectivity index (χ2n) is 6.76. The number of unbranched alkanes of at least 4 members (excludes halogenated alkanes) is 4. The minimum absolute atomic E-state index is 0.0204. The minimum Gasteiger partial charge on any atom is -0.396 e. The first-order valence-corrected chi connectivity index (χ1v) is 9.43. The predicted octanol–water partition coefficient (Wildman–Crippen LogP) is 0.937. The van der Waals surface area contributed by atoms with E-state index in [-0.39, 0.29) is 32.5 Å². The number of aliphatic hydroxyl groups excluding tert-OH is 4. The van der Waals surface area contributed by atoms with E-state index in [9.17, 15) is 24.6 Å². The standard InChI is InChI=1S/C19H34O7/c1-3-19(14(2)22,17(25)15(23)10-6-4-8-12-20)18(26)16(24)11-7-5-9-13-21/h17-18,20-21,25-26H,3-13H2,1-2H3. The summed E-state index contributed by atoms with van der Waals surface area (Å²) in [6.45, 7) is 2.78. The molecule has 0 rings (SSSR count). The Balaban J connectivity index is 5.13. The van der Waals surface area contributed by atoms with Gasteiger partial charge in [-0.25, -0.2) is 0 Å². The molecule has 0 aliphatic heterocycles. The van der Waals surface area contributed by atoms with Crippen molar-refractivity contribution in [1.82, 2.24) is 0 Å². The molecule has 7 heteroatoms. The van der Waals surface area contributed by atoms with Crippen LogP contribution in [0.15, 0.2) is 0 Å². The van der Waals surface area contributed by atoms with Crippen molar-refractivity contribution in [3.8, 4) is 0 Å². The highest BCUT2D eigenvalue weighted by Gasteiger charge is 2.52. The zero-order chi connectivity index (χ0) is 20.2. The molecule has 0 aromatic rings. The van der Waals surface area contributed by atoms with E-state index in [1.54, 1.807) is 6.92 Å². The Hall–Kier alpha value is -1.15. The zero-order valence-corrected chi connectivity index (χ0v) is 15.9. The van der Waals surface area contributed by atoms with Crippen LogP contribution in [0.1, 0.15) is 71.6 Å². The maximum Gasteiger partial charge on any atom is 0.162 e. The molecule has 7 nitrogen and oxygen atoms in total. The molecule has 0 aromatic heterocycles. The van der Waals surface area contributed by atoms with Crippen LogP contribution in [0.5, 0.6) is 0 Å². The van der Waals surface area contributed by atoms with Gasteiger partial charge in [-0.2, -0.15) is 0 Å². The molecule has 2 unspecified atom stereocenters. The molecule has 152 valence electrons. The molecule has 4 N–H and O–H groups in total. The van der Waals surface area contributed by atoms with E-state index >= 15 is 0 Å². The van der Waals surface area contributed by atoms with E-state index in [1.807, 2.05) is 0 Å². The fourth-order valence-electron chi connectivity index (χ4n) is 3.19. The van der Waals surface area contributed by atoms with Crippen molar-refractivity contribution in [3.05, 3.63) is 0 Å². The summed E-state index contributed by atoms with van der Waals surface area (Å²) >= 11 is 0. The molecule has 0 saturated carbocycles. The first-order chi connectivity index (χ1) is 12.3. The average Bonchev–Trinajstić information content (AvgIpc) is 2.62. The molecule has 0 radical (unpaired) electrons. The lowest BCUT2D eigenvalue weighted by Crippen LogP contribution is -2.56. The Morgan fingerprint density at radius 2 is 1.15 bits per heavy atom. The van der Waals surface area contributed by atoms with Gasteiger partial charge in [0.2, 0.25) is 0 Å². The van der Waals surface area contributed by atoms with Gasteiger partial charge in [-0.3, -0.25) is 14.4 Å². The Morgan fingerprint density at radius 3 is 1.42 bits per heavy atom. The summed E-state index contributed by atoms with van der Waals surface area (Å²) in [4.78, 5) is 36.9. The first kappa shape index (κ1) is 24.8. The largest absolute Gasteiger partial charge is 0.396 e. The summed E-state index contributed by atoms with van der Waals surface area (Å²) in [5, 5.41) is 38.5. The summed E-state index contributed by atoms with van der Waals surface area (Å²) in [6.07, 6.45) is -0.240. The van der Waals surface area contributed by atoms with Crippen molar-refractivity contribution in [3.63, 3.8) is 0 Å². The van der Waals surface area contributed by atoms with Crippen LogP contribution in [-0.4, -0.2) is 63.2 Å². The molecule has 0 spiro atoms. The molecule has 0 heterocycles. The number of rotatable bonds is 16. The summed E-state index contributed by atoms with van der Waals surface area (Å²) in [5.74, 6) is -1.74. The van der Waals surface area contributed by atoms with Crippen molar-refractivity contribution in [1.29, 1.82) is 0 Å². The van der Waals surface area contributed by atoms with Gasteiger partial charge in [0.1, 0.15) is 18.0 Å². The number of hydrogen-bond acceptors (Lipinski definition) is 7. The van der Waals surface area contributed by atoms with E-state index < -0.39 is 35.0 Å². The van der Waals surface area contributed by atoms with Crippen LogP contribution in [0.25, 0.3) is 0 Å². The van der Waals surface area contributed by atoms with Gasteiger partial charge in [-0.15, -0.1) is 0 Å².